The van der Waals surface area contributed by atoms with Crippen LogP contribution in [-0.2, 0) is 6.54 Å². The quantitative estimate of drug-likeness (QED) is 0.825. The van der Waals surface area contributed by atoms with Gasteiger partial charge in [-0.1, -0.05) is 24.3 Å². The molecule has 2 aromatic carbocycles. The Labute approximate surface area is 133 Å². The van der Waals surface area contributed by atoms with Crippen LogP contribution in [0, 0.1) is 0 Å². The molecule has 118 valence electrons. The molecule has 0 fully saturated rings. The van der Waals surface area contributed by atoms with Crippen LogP contribution in [0.15, 0.2) is 48.5 Å². The molecule has 0 aliphatic heterocycles. The van der Waals surface area contributed by atoms with Crippen molar-refractivity contribution in [3.05, 3.63) is 59.7 Å². The fourth-order valence-corrected chi connectivity index (χ4v) is 2.26. The minimum absolute atomic E-state index is 0.192. The molecule has 2 aromatic rings. The second-order valence-electron chi connectivity index (χ2n) is 5.69. The molecule has 1 atom stereocenters. The van der Waals surface area contributed by atoms with Crippen LogP contribution in [-0.4, -0.2) is 13.2 Å². The molecule has 0 amide bonds. The number of ether oxygens (including phenoxy) is 2. The van der Waals surface area contributed by atoms with Gasteiger partial charge < -0.3 is 14.8 Å². The molecule has 22 heavy (non-hydrogen) atoms. The maximum atomic E-state index is 5.75. The van der Waals surface area contributed by atoms with Gasteiger partial charge in [0.2, 0.25) is 0 Å². The van der Waals surface area contributed by atoms with E-state index in [4.69, 9.17) is 9.47 Å². The summed E-state index contributed by atoms with van der Waals surface area (Å²) in [5.74, 6) is 1.81. The number of methoxy groups -OCH3 is 1. The van der Waals surface area contributed by atoms with Gasteiger partial charge in [0.15, 0.2) is 0 Å². The van der Waals surface area contributed by atoms with Crippen molar-refractivity contribution in [2.45, 2.75) is 39.5 Å². The van der Waals surface area contributed by atoms with Gasteiger partial charge in [0.05, 0.1) is 13.2 Å². The predicted octanol–water partition coefficient (Wildman–Crippen LogP) is 4.33. The van der Waals surface area contributed by atoms with Gasteiger partial charge in [0.25, 0.3) is 0 Å². The van der Waals surface area contributed by atoms with Gasteiger partial charge >= 0.3 is 0 Å². The Kier molecular flexibility index (Phi) is 5.84. The van der Waals surface area contributed by atoms with Crippen molar-refractivity contribution in [2.24, 2.45) is 0 Å². The highest BCUT2D eigenvalue weighted by molar-refractivity contribution is 5.31. The van der Waals surface area contributed by atoms with Crippen molar-refractivity contribution < 1.29 is 9.47 Å². The minimum Gasteiger partial charge on any atom is -0.497 e. The summed E-state index contributed by atoms with van der Waals surface area (Å²) in [5, 5.41) is 3.54. The smallest absolute Gasteiger partial charge is 0.120 e. The first-order valence-electron chi connectivity index (χ1n) is 7.71. The minimum atomic E-state index is 0.192. The van der Waals surface area contributed by atoms with Gasteiger partial charge in [-0.2, -0.15) is 0 Å². The summed E-state index contributed by atoms with van der Waals surface area (Å²) >= 11 is 0. The Morgan fingerprint density at radius 3 is 2.32 bits per heavy atom. The third-order valence-electron chi connectivity index (χ3n) is 3.50. The van der Waals surface area contributed by atoms with E-state index in [0.29, 0.717) is 0 Å². The highest BCUT2D eigenvalue weighted by Crippen LogP contribution is 2.20. The van der Waals surface area contributed by atoms with Crippen LogP contribution in [0.1, 0.15) is 37.9 Å². The summed E-state index contributed by atoms with van der Waals surface area (Å²) in [5.41, 5.74) is 2.47. The van der Waals surface area contributed by atoms with E-state index in [1.54, 1.807) is 7.11 Å². The topological polar surface area (TPSA) is 30.5 Å². The molecule has 0 spiro atoms. The Balaban J connectivity index is 1.94. The Bertz CT molecular complexity index is 578. The summed E-state index contributed by atoms with van der Waals surface area (Å²) < 4.78 is 10.9. The van der Waals surface area contributed by atoms with Crippen LogP contribution < -0.4 is 14.8 Å². The second kappa shape index (κ2) is 7.85. The predicted molar refractivity (Wildman–Crippen MR) is 90.5 cm³/mol. The van der Waals surface area contributed by atoms with Crippen LogP contribution in [0.5, 0.6) is 11.5 Å². The standard InChI is InChI=1S/C19H25NO2/c1-14(2)22-19-7-5-6-17(12-19)15(3)20-13-16-8-10-18(21-4)11-9-16/h5-12,14-15,20H,13H2,1-4H3. The van der Waals surface area contributed by atoms with Crippen LogP contribution >= 0.6 is 0 Å². The molecule has 3 nitrogen and oxygen atoms in total. The molecule has 1 N–H and O–H groups in total. The molecule has 0 aliphatic carbocycles. The van der Waals surface area contributed by atoms with Crippen LogP contribution in [0.4, 0.5) is 0 Å². The zero-order valence-corrected chi connectivity index (χ0v) is 13.8. The molecular formula is C19H25NO2. The Morgan fingerprint density at radius 1 is 0.955 bits per heavy atom. The van der Waals surface area contributed by atoms with E-state index in [9.17, 15) is 0 Å². The average Bonchev–Trinajstić information content (AvgIpc) is 2.52. The maximum Gasteiger partial charge on any atom is 0.120 e. The molecule has 0 saturated heterocycles. The van der Waals surface area contributed by atoms with Crippen molar-refractivity contribution in [1.29, 1.82) is 0 Å². The van der Waals surface area contributed by atoms with Gasteiger partial charge in [-0.25, -0.2) is 0 Å². The van der Waals surface area contributed by atoms with Crippen molar-refractivity contribution in [3.8, 4) is 11.5 Å². The van der Waals surface area contributed by atoms with Crippen LogP contribution in [0.25, 0.3) is 0 Å². The zero-order valence-electron chi connectivity index (χ0n) is 13.8. The first-order chi connectivity index (χ1) is 10.6. The molecule has 0 aliphatic rings. The van der Waals surface area contributed by atoms with E-state index in [1.807, 2.05) is 38.1 Å². The summed E-state index contributed by atoms with van der Waals surface area (Å²) in [4.78, 5) is 0. The highest BCUT2D eigenvalue weighted by Gasteiger charge is 2.07. The summed E-state index contributed by atoms with van der Waals surface area (Å²) in [6, 6.07) is 16.7. The van der Waals surface area contributed by atoms with Crippen molar-refractivity contribution in [1.82, 2.24) is 5.32 Å². The number of rotatable bonds is 7. The molecule has 0 saturated carbocycles. The van der Waals surface area contributed by atoms with Gasteiger partial charge in [-0.05, 0) is 56.2 Å². The van der Waals surface area contributed by atoms with Gasteiger partial charge in [0, 0.05) is 12.6 Å². The van der Waals surface area contributed by atoms with Crippen LogP contribution in [0.3, 0.4) is 0 Å². The fraction of sp³-hybridized carbons (Fsp3) is 0.368. The molecule has 2 rings (SSSR count). The number of hydrogen-bond donors (Lipinski definition) is 1. The number of nitrogens with one attached hydrogen (secondary N) is 1. The lowest BCUT2D eigenvalue weighted by atomic mass is 10.1. The van der Waals surface area contributed by atoms with E-state index < -0.39 is 0 Å². The SMILES string of the molecule is COc1ccc(CNC(C)c2cccc(OC(C)C)c2)cc1. The maximum absolute atomic E-state index is 5.75. The summed E-state index contributed by atoms with van der Waals surface area (Å²) in [7, 11) is 1.68. The lowest BCUT2D eigenvalue weighted by molar-refractivity contribution is 0.242. The van der Waals surface area contributed by atoms with Crippen molar-refractivity contribution in [3.63, 3.8) is 0 Å². The monoisotopic (exact) mass is 299 g/mol. The van der Waals surface area contributed by atoms with Gasteiger partial charge in [-0.15, -0.1) is 0 Å². The highest BCUT2D eigenvalue weighted by atomic mass is 16.5. The Morgan fingerprint density at radius 2 is 1.68 bits per heavy atom. The normalized spacial score (nSPS) is 12.2. The van der Waals surface area contributed by atoms with E-state index in [0.717, 1.165) is 18.0 Å². The first kappa shape index (κ1) is 16.4. The Hall–Kier alpha value is -2.00. The number of hydrogen-bond acceptors (Lipinski definition) is 3. The van der Waals surface area contributed by atoms with E-state index in [1.165, 1.54) is 11.1 Å². The molecule has 3 heteroatoms. The average molecular weight is 299 g/mol. The molecular weight excluding hydrogens is 274 g/mol. The lowest BCUT2D eigenvalue weighted by Gasteiger charge is -2.17. The van der Waals surface area contributed by atoms with Crippen molar-refractivity contribution in [2.75, 3.05) is 7.11 Å². The van der Waals surface area contributed by atoms with Crippen LogP contribution in [0.2, 0.25) is 0 Å². The molecule has 1 unspecified atom stereocenters. The van der Waals surface area contributed by atoms with E-state index in [2.05, 4.69) is 36.5 Å². The molecule has 0 bridgehead atoms. The first-order valence-corrected chi connectivity index (χ1v) is 7.71. The van der Waals surface area contributed by atoms with Gasteiger partial charge in [-0.3, -0.25) is 0 Å². The second-order valence-corrected chi connectivity index (χ2v) is 5.69. The van der Waals surface area contributed by atoms with E-state index >= 15 is 0 Å². The third-order valence-corrected chi connectivity index (χ3v) is 3.50. The van der Waals surface area contributed by atoms with Crippen molar-refractivity contribution >= 4 is 0 Å². The zero-order chi connectivity index (χ0) is 15.9. The summed E-state index contributed by atoms with van der Waals surface area (Å²) in [6.45, 7) is 7.06. The molecule has 0 aromatic heterocycles. The summed E-state index contributed by atoms with van der Waals surface area (Å²) in [6.07, 6.45) is 0.192. The third kappa shape index (κ3) is 4.78. The fourth-order valence-electron chi connectivity index (χ4n) is 2.26. The largest absolute Gasteiger partial charge is 0.497 e. The lowest BCUT2D eigenvalue weighted by Crippen LogP contribution is -2.18. The molecule has 0 radical (unpaired) electrons. The van der Waals surface area contributed by atoms with Gasteiger partial charge in [0.1, 0.15) is 11.5 Å². The number of benzene rings is 2. The molecule has 0 heterocycles. The van der Waals surface area contributed by atoms with E-state index in [-0.39, 0.29) is 12.1 Å².